The predicted octanol–water partition coefficient (Wildman–Crippen LogP) is 2.28. The summed E-state index contributed by atoms with van der Waals surface area (Å²) in [6.45, 7) is 5.12. The number of carbonyl (C=O) groups excluding carboxylic acids is 2. The minimum atomic E-state index is -0.947. The zero-order valence-corrected chi connectivity index (χ0v) is 11.7. The minimum absolute atomic E-state index is 0.390. The molecule has 1 aromatic rings. The summed E-state index contributed by atoms with van der Waals surface area (Å²) in [7, 11) is 1.59. The Balaban J connectivity index is 3.08. The molecule has 0 saturated heterocycles. The molecule has 1 rings (SSSR count). The number of nitrogens with zero attached hydrogens (tertiary/aromatic N) is 1. The van der Waals surface area contributed by atoms with Gasteiger partial charge in [-0.15, -0.1) is 0 Å². The van der Waals surface area contributed by atoms with Gasteiger partial charge in [0.25, 0.3) is 11.0 Å². The maximum Gasteiger partial charge on any atom is 0.294 e. The van der Waals surface area contributed by atoms with Crippen molar-refractivity contribution in [2.75, 3.05) is 13.7 Å². The second-order valence-electron chi connectivity index (χ2n) is 4.58. The Morgan fingerprint density at radius 2 is 2.11 bits per heavy atom. The van der Waals surface area contributed by atoms with Gasteiger partial charge >= 0.3 is 0 Å². The summed E-state index contributed by atoms with van der Waals surface area (Å²) in [6, 6.07) is 1.86. The van der Waals surface area contributed by atoms with Crippen LogP contribution in [-0.2, 0) is 22.5 Å². The largest absolute Gasteiger partial charge is 0.383 e. The molecule has 0 radical (unpaired) electrons. The van der Waals surface area contributed by atoms with Gasteiger partial charge < -0.3 is 9.30 Å². The van der Waals surface area contributed by atoms with Gasteiger partial charge in [0.2, 0.25) is 0 Å². The van der Waals surface area contributed by atoms with Gasteiger partial charge in [0.15, 0.2) is 0 Å². The van der Waals surface area contributed by atoms with Crippen molar-refractivity contribution in [3.05, 3.63) is 23.5 Å². The Kier molecular flexibility index (Phi) is 5.56. The number of ether oxygens (including phenoxy) is 1. The third-order valence-electron chi connectivity index (χ3n) is 2.61. The Labute approximate surface area is 112 Å². The van der Waals surface area contributed by atoms with Crippen molar-refractivity contribution in [2.24, 2.45) is 5.92 Å². The molecule has 0 N–H and O–H groups in total. The molecule has 1 heterocycles. The Hall–Kier alpha value is -1.13. The molecular formula is C13H18ClNO3. The first-order chi connectivity index (χ1) is 8.47. The molecule has 5 heteroatoms. The molecule has 0 aliphatic heterocycles. The first-order valence-electron chi connectivity index (χ1n) is 5.88. The van der Waals surface area contributed by atoms with Gasteiger partial charge in [-0.1, -0.05) is 13.8 Å². The van der Waals surface area contributed by atoms with Gasteiger partial charge in [-0.05, 0) is 35.6 Å². The van der Waals surface area contributed by atoms with E-state index < -0.39 is 11.0 Å². The number of rotatable bonds is 7. The van der Waals surface area contributed by atoms with Crippen molar-refractivity contribution >= 4 is 22.6 Å². The van der Waals surface area contributed by atoms with Gasteiger partial charge in [0, 0.05) is 19.9 Å². The first kappa shape index (κ1) is 14.9. The Morgan fingerprint density at radius 1 is 1.44 bits per heavy atom. The van der Waals surface area contributed by atoms with Gasteiger partial charge in [0.05, 0.1) is 12.3 Å². The highest BCUT2D eigenvalue weighted by molar-refractivity contribution is 6.83. The lowest BCUT2D eigenvalue weighted by atomic mass is 10.0. The molecule has 0 amide bonds. The molecule has 0 unspecified atom stereocenters. The topological polar surface area (TPSA) is 48.3 Å². The molecule has 0 atom stereocenters. The molecule has 0 saturated carbocycles. The third-order valence-corrected chi connectivity index (χ3v) is 2.78. The molecule has 100 valence electrons. The maximum absolute atomic E-state index is 11.8. The van der Waals surface area contributed by atoms with Crippen molar-refractivity contribution in [1.82, 2.24) is 4.57 Å². The Bertz CT molecular complexity index is 437. The molecule has 0 spiro atoms. The smallest absolute Gasteiger partial charge is 0.294 e. The Morgan fingerprint density at radius 3 is 2.61 bits per heavy atom. The zero-order chi connectivity index (χ0) is 13.7. The molecule has 0 aliphatic carbocycles. The van der Waals surface area contributed by atoms with Crippen LogP contribution in [0.25, 0.3) is 0 Å². The highest BCUT2D eigenvalue weighted by Crippen LogP contribution is 2.17. The lowest BCUT2D eigenvalue weighted by Gasteiger charge is -2.10. The maximum atomic E-state index is 11.8. The predicted molar refractivity (Wildman–Crippen MR) is 70.0 cm³/mol. The van der Waals surface area contributed by atoms with E-state index in [0.717, 1.165) is 12.0 Å². The van der Waals surface area contributed by atoms with E-state index >= 15 is 0 Å². The zero-order valence-electron chi connectivity index (χ0n) is 10.9. The van der Waals surface area contributed by atoms with Gasteiger partial charge in [0.1, 0.15) is 0 Å². The average Bonchev–Trinajstić information content (AvgIpc) is 2.67. The number of methoxy groups -OCH3 is 1. The number of halogens is 1. The van der Waals surface area contributed by atoms with Gasteiger partial charge in [-0.2, -0.15) is 0 Å². The van der Waals surface area contributed by atoms with Crippen molar-refractivity contribution < 1.29 is 14.3 Å². The highest BCUT2D eigenvalue weighted by atomic mass is 35.5. The van der Waals surface area contributed by atoms with Crippen LogP contribution < -0.4 is 0 Å². The highest BCUT2D eigenvalue weighted by Gasteiger charge is 2.22. The number of ketones is 1. The standard InChI is InChI=1S/C13H18ClNO3/c1-9(2)8-10-4-5-15(6-7-18-3)11(10)12(16)13(14)17/h4-5,9H,6-8H2,1-3H3. The third kappa shape index (κ3) is 3.68. The summed E-state index contributed by atoms with van der Waals surface area (Å²) in [6.07, 6.45) is 2.54. The van der Waals surface area contributed by atoms with Crippen LogP contribution in [0.2, 0.25) is 0 Å². The molecule has 1 aromatic heterocycles. The van der Waals surface area contributed by atoms with Gasteiger partial charge in [-0.25, -0.2) is 0 Å². The van der Waals surface area contributed by atoms with Gasteiger partial charge in [-0.3, -0.25) is 9.59 Å². The normalized spacial score (nSPS) is 10.9. The molecule has 0 bridgehead atoms. The number of carbonyl (C=O) groups is 2. The molecule has 18 heavy (non-hydrogen) atoms. The molecule has 0 fully saturated rings. The van der Waals surface area contributed by atoms with E-state index in [1.807, 2.05) is 6.07 Å². The summed E-state index contributed by atoms with van der Waals surface area (Å²) in [5.74, 6) is -0.242. The van der Waals surface area contributed by atoms with E-state index in [0.29, 0.717) is 24.8 Å². The fraction of sp³-hybridized carbons (Fsp3) is 0.538. The quantitative estimate of drug-likeness (QED) is 0.434. The summed E-state index contributed by atoms with van der Waals surface area (Å²) in [4.78, 5) is 22.9. The second kappa shape index (κ2) is 6.71. The monoisotopic (exact) mass is 271 g/mol. The molecular weight excluding hydrogens is 254 g/mol. The SMILES string of the molecule is COCCn1ccc(CC(C)C)c1C(=O)C(=O)Cl. The number of aromatic nitrogens is 1. The van der Waals surface area contributed by atoms with Crippen LogP contribution in [0.15, 0.2) is 12.3 Å². The van der Waals surface area contributed by atoms with E-state index in [9.17, 15) is 9.59 Å². The second-order valence-corrected chi connectivity index (χ2v) is 4.92. The van der Waals surface area contributed by atoms with Crippen LogP contribution in [0.1, 0.15) is 29.9 Å². The molecule has 0 aromatic carbocycles. The first-order valence-corrected chi connectivity index (χ1v) is 6.26. The van der Waals surface area contributed by atoms with Crippen molar-refractivity contribution in [3.8, 4) is 0 Å². The molecule has 0 aliphatic rings. The van der Waals surface area contributed by atoms with Crippen LogP contribution in [0.4, 0.5) is 0 Å². The van der Waals surface area contributed by atoms with Crippen LogP contribution in [-0.4, -0.2) is 29.3 Å². The lowest BCUT2D eigenvalue weighted by Crippen LogP contribution is -2.18. The van der Waals surface area contributed by atoms with Crippen LogP contribution in [0.3, 0.4) is 0 Å². The molecule has 4 nitrogen and oxygen atoms in total. The van der Waals surface area contributed by atoms with Crippen molar-refractivity contribution in [3.63, 3.8) is 0 Å². The summed E-state index contributed by atoms with van der Waals surface area (Å²) < 4.78 is 6.71. The number of hydrogen-bond acceptors (Lipinski definition) is 3. The van der Waals surface area contributed by atoms with E-state index in [4.69, 9.17) is 16.3 Å². The van der Waals surface area contributed by atoms with Crippen molar-refractivity contribution in [1.29, 1.82) is 0 Å². The minimum Gasteiger partial charge on any atom is -0.383 e. The van der Waals surface area contributed by atoms with Crippen LogP contribution >= 0.6 is 11.6 Å². The van der Waals surface area contributed by atoms with Crippen LogP contribution in [0, 0.1) is 5.92 Å². The van der Waals surface area contributed by atoms with E-state index in [1.165, 1.54) is 0 Å². The summed E-state index contributed by atoms with van der Waals surface area (Å²) in [5, 5.41) is -0.947. The van der Waals surface area contributed by atoms with E-state index in [2.05, 4.69) is 13.8 Å². The lowest BCUT2D eigenvalue weighted by molar-refractivity contribution is -0.108. The van der Waals surface area contributed by atoms with Crippen LogP contribution in [0.5, 0.6) is 0 Å². The fourth-order valence-electron chi connectivity index (χ4n) is 1.87. The summed E-state index contributed by atoms with van der Waals surface area (Å²) in [5.41, 5.74) is 1.25. The number of Topliss-reactive ketones (excluding diaryl/α,β-unsaturated/α-hetero) is 1. The van der Waals surface area contributed by atoms with E-state index in [-0.39, 0.29) is 0 Å². The summed E-state index contributed by atoms with van der Waals surface area (Å²) >= 11 is 5.30. The number of hydrogen-bond donors (Lipinski definition) is 0. The van der Waals surface area contributed by atoms with Crippen molar-refractivity contribution in [2.45, 2.75) is 26.8 Å². The van der Waals surface area contributed by atoms with E-state index in [1.54, 1.807) is 17.9 Å². The average molecular weight is 272 g/mol. The fourth-order valence-corrected chi connectivity index (χ4v) is 1.96.